The Labute approximate surface area is 108 Å². The third kappa shape index (κ3) is 4.13. The zero-order valence-electron chi connectivity index (χ0n) is 11.4. The second-order valence-electron chi connectivity index (χ2n) is 4.46. The van der Waals surface area contributed by atoms with Crippen LogP contribution in [0.15, 0.2) is 24.3 Å². The summed E-state index contributed by atoms with van der Waals surface area (Å²) in [6.07, 6.45) is 0. The Morgan fingerprint density at radius 2 is 2.06 bits per heavy atom. The predicted molar refractivity (Wildman–Crippen MR) is 70.2 cm³/mol. The standard InChI is InChI=1S/C14H21NO3/c1-10(2)15-13(14(16)18-4)12-7-5-6-11(8-12)9-17-3/h5-8,10,13,15H,9H2,1-4H3. The number of nitrogens with one attached hydrogen (secondary N) is 1. The molecule has 1 unspecified atom stereocenters. The monoisotopic (exact) mass is 251 g/mol. The van der Waals surface area contributed by atoms with Crippen LogP contribution in [0.4, 0.5) is 0 Å². The van der Waals surface area contributed by atoms with Crippen molar-refractivity contribution in [3.8, 4) is 0 Å². The quantitative estimate of drug-likeness (QED) is 0.786. The molecule has 18 heavy (non-hydrogen) atoms. The van der Waals surface area contributed by atoms with Gasteiger partial charge in [0.05, 0.1) is 13.7 Å². The van der Waals surface area contributed by atoms with E-state index in [-0.39, 0.29) is 12.0 Å². The van der Waals surface area contributed by atoms with Gasteiger partial charge in [-0.3, -0.25) is 5.32 Å². The average Bonchev–Trinajstić information content (AvgIpc) is 2.35. The summed E-state index contributed by atoms with van der Waals surface area (Å²) in [4.78, 5) is 11.8. The van der Waals surface area contributed by atoms with Gasteiger partial charge in [-0.25, -0.2) is 4.79 Å². The van der Waals surface area contributed by atoms with Gasteiger partial charge in [0.15, 0.2) is 0 Å². The van der Waals surface area contributed by atoms with E-state index in [1.807, 2.05) is 38.1 Å². The third-order valence-electron chi connectivity index (χ3n) is 2.53. The van der Waals surface area contributed by atoms with Crippen molar-refractivity contribution in [1.29, 1.82) is 0 Å². The van der Waals surface area contributed by atoms with Crippen molar-refractivity contribution in [3.05, 3.63) is 35.4 Å². The molecule has 0 heterocycles. The van der Waals surface area contributed by atoms with Crippen molar-refractivity contribution in [1.82, 2.24) is 5.32 Å². The third-order valence-corrected chi connectivity index (χ3v) is 2.53. The number of carbonyl (C=O) groups excluding carboxylic acids is 1. The fraction of sp³-hybridized carbons (Fsp3) is 0.500. The van der Waals surface area contributed by atoms with E-state index in [1.165, 1.54) is 7.11 Å². The van der Waals surface area contributed by atoms with Crippen molar-refractivity contribution in [3.63, 3.8) is 0 Å². The summed E-state index contributed by atoms with van der Waals surface area (Å²) in [5.41, 5.74) is 1.93. The lowest BCUT2D eigenvalue weighted by atomic mass is 10.0. The van der Waals surface area contributed by atoms with Crippen LogP contribution >= 0.6 is 0 Å². The van der Waals surface area contributed by atoms with Gasteiger partial charge >= 0.3 is 5.97 Å². The molecule has 1 aromatic rings. The molecule has 0 aromatic heterocycles. The number of ether oxygens (including phenoxy) is 2. The molecule has 1 N–H and O–H groups in total. The van der Waals surface area contributed by atoms with E-state index in [4.69, 9.17) is 9.47 Å². The number of hydrogen-bond donors (Lipinski definition) is 1. The van der Waals surface area contributed by atoms with Gasteiger partial charge in [-0.05, 0) is 25.0 Å². The lowest BCUT2D eigenvalue weighted by Gasteiger charge is -2.20. The Morgan fingerprint density at radius 3 is 2.61 bits per heavy atom. The molecule has 1 rings (SSSR count). The van der Waals surface area contributed by atoms with E-state index < -0.39 is 6.04 Å². The fourth-order valence-corrected chi connectivity index (χ4v) is 1.78. The summed E-state index contributed by atoms with van der Waals surface area (Å²) in [5, 5.41) is 3.20. The maximum Gasteiger partial charge on any atom is 0.327 e. The summed E-state index contributed by atoms with van der Waals surface area (Å²) in [5.74, 6) is -0.279. The number of hydrogen-bond acceptors (Lipinski definition) is 4. The van der Waals surface area contributed by atoms with Crippen LogP contribution in [0.5, 0.6) is 0 Å². The van der Waals surface area contributed by atoms with Crippen LogP contribution in [0.3, 0.4) is 0 Å². The molecular weight excluding hydrogens is 230 g/mol. The average molecular weight is 251 g/mol. The van der Waals surface area contributed by atoms with Crippen LogP contribution < -0.4 is 5.32 Å². The summed E-state index contributed by atoms with van der Waals surface area (Å²) in [7, 11) is 3.05. The summed E-state index contributed by atoms with van der Waals surface area (Å²) in [6, 6.07) is 7.52. The first-order valence-electron chi connectivity index (χ1n) is 6.00. The van der Waals surface area contributed by atoms with Crippen molar-refractivity contribution in [2.24, 2.45) is 0 Å². The second-order valence-corrected chi connectivity index (χ2v) is 4.46. The minimum absolute atomic E-state index is 0.195. The Bertz CT molecular complexity index is 390. The van der Waals surface area contributed by atoms with E-state index in [9.17, 15) is 4.79 Å². The highest BCUT2D eigenvalue weighted by molar-refractivity contribution is 5.77. The smallest absolute Gasteiger partial charge is 0.327 e. The van der Waals surface area contributed by atoms with Crippen molar-refractivity contribution >= 4 is 5.97 Å². The van der Waals surface area contributed by atoms with Crippen LogP contribution in [0.1, 0.15) is 31.0 Å². The Kier molecular flexibility index (Phi) is 5.82. The number of rotatable bonds is 6. The molecule has 0 amide bonds. The van der Waals surface area contributed by atoms with E-state index in [0.717, 1.165) is 11.1 Å². The van der Waals surface area contributed by atoms with Gasteiger partial charge in [-0.2, -0.15) is 0 Å². The van der Waals surface area contributed by atoms with Crippen molar-refractivity contribution < 1.29 is 14.3 Å². The van der Waals surface area contributed by atoms with Gasteiger partial charge in [0, 0.05) is 13.2 Å². The molecular formula is C14H21NO3. The topological polar surface area (TPSA) is 47.6 Å². The van der Waals surface area contributed by atoms with Crippen LogP contribution in [-0.4, -0.2) is 26.2 Å². The Morgan fingerprint density at radius 1 is 1.33 bits per heavy atom. The van der Waals surface area contributed by atoms with E-state index in [0.29, 0.717) is 6.61 Å². The highest BCUT2D eigenvalue weighted by Gasteiger charge is 2.21. The first kappa shape index (κ1) is 14.7. The van der Waals surface area contributed by atoms with E-state index in [2.05, 4.69) is 5.32 Å². The molecule has 0 aliphatic heterocycles. The number of esters is 1. The van der Waals surface area contributed by atoms with Gasteiger partial charge in [-0.1, -0.05) is 24.3 Å². The molecule has 4 heteroatoms. The van der Waals surface area contributed by atoms with Gasteiger partial charge < -0.3 is 9.47 Å². The maximum atomic E-state index is 11.8. The zero-order chi connectivity index (χ0) is 13.5. The summed E-state index contributed by atoms with van der Waals surface area (Å²) >= 11 is 0. The lowest BCUT2D eigenvalue weighted by Crippen LogP contribution is -2.34. The minimum Gasteiger partial charge on any atom is -0.468 e. The molecule has 0 saturated heterocycles. The highest BCUT2D eigenvalue weighted by atomic mass is 16.5. The molecule has 1 atom stereocenters. The molecule has 0 aliphatic carbocycles. The van der Waals surface area contributed by atoms with E-state index >= 15 is 0 Å². The maximum absolute atomic E-state index is 11.8. The SMILES string of the molecule is COCc1cccc(C(NC(C)C)C(=O)OC)c1. The molecule has 0 radical (unpaired) electrons. The summed E-state index contributed by atoms with van der Waals surface area (Å²) in [6.45, 7) is 4.52. The zero-order valence-corrected chi connectivity index (χ0v) is 11.4. The summed E-state index contributed by atoms with van der Waals surface area (Å²) < 4.78 is 9.93. The number of methoxy groups -OCH3 is 2. The van der Waals surface area contributed by atoms with Gasteiger partial charge in [-0.15, -0.1) is 0 Å². The van der Waals surface area contributed by atoms with Crippen molar-refractivity contribution in [2.75, 3.05) is 14.2 Å². The van der Waals surface area contributed by atoms with Gasteiger partial charge in [0.2, 0.25) is 0 Å². The van der Waals surface area contributed by atoms with Crippen LogP contribution in [0.2, 0.25) is 0 Å². The van der Waals surface area contributed by atoms with Crippen LogP contribution in [-0.2, 0) is 20.9 Å². The first-order chi connectivity index (χ1) is 8.58. The fourth-order valence-electron chi connectivity index (χ4n) is 1.78. The molecule has 0 aliphatic rings. The number of benzene rings is 1. The van der Waals surface area contributed by atoms with Gasteiger partial charge in [0.1, 0.15) is 6.04 Å². The lowest BCUT2D eigenvalue weighted by molar-refractivity contribution is -0.143. The minimum atomic E-state index is -0.438. The Hall–Kier alpha value is -1.39. The van der Waals surface area contributed by atoms with Crippen molar-refractivity contribution in [2.45, 2.75) is 32.5 Å². The van der Waals surface area contributed by atoms with Crippen LogP contribution in [0.25, 0.3) is 0 Å². The molecule has 0 spiro atoms. The predicted octanol–water partition coefficient (Wildman–Crippen LogP) is 2.05. The first-order valence-corrected chi connectivity index (χ1v) is 6.00. The number of carbonyl (C=O) groups is 1. The molecule has 0 bridgehead atoms. The molecule has 0 saturated carbocycles. The van der Waals surface area contributed by atoms with Gasteiger partial charge in [0.25, 0.3) is 0 Å². The normalized spacial score (nSPS) is 12.5. The Balaban J connectivity index is 2.96. The van der Waals surface area contributed by atoms with Crippen LogP contribution in [0, 0.1) is 0 Å². The molecule has 0 fully saturated rings. The van der Waals surface area contributed by atoms with E-state index in [1.54, 1.807) is 7.11 Å². The second kappa shape index (κ2) is 7.13. The largest absolute Gasteiger partial charge is 0.468 e. The molecule has 100 valence electrons. The highest BCUT2D eigenvalue weighted by Crippen LogP contribution is 2.17. The molecule has 1 aromatic carbocycles. The molecule has 4 nitrogen and oxygen atoms in total.